The summed E-state index contributed by atoms with van der Waals surface area (Å²) in [4.78, 5) is 25.9. The molecule has 1 aliphatic carbocycles. The third-order valence-corrected chi connectivity index (χ3v) is 4.53. The Labute approximate surface area is 126 Å². The van der Waals surface area contributed by atoms with E-state index in [-0.39, 0.29) is 18.1 Å². The molecule has 3 amide bonds. The molecule has 0 bridgehead atoms. The number of likely N-dealkylation sites (tertiary alicyclic amines) is 1. The van der Waals surface area contributed by atoms with E-state index in [1.165, 1.54) is 6.42 Å². The number of hydrogen-bond donors (Lipinski definition) is 3. The molecule has 21 heavy (non-hydrogen) atoms. The molecule has 6 heteroatoms. The van der Waals surface area contributed by atoms with Gasteiger partial charge in [0.1, 0.15) is 0 Å². The summed E-state index contributed by atoms with van der Waals surface area (Å²) in [6, 6.07) is -0.591. The lowest BCUT2D eigenvalue weighted by atomic mass is 9.96. The number of rotatable bonds is 3. The van der Waals surface area contributed by atoms with E-state index in [4.69, 9.17) is 0 Å². The summed E-state index contributed by atoms with van der Waals surface area (Å²) in [6.45, 7) is 3.07. The molecule has 3 N–H and O–H groups in total. The number of aliphatic hydroxyl groups excluding tert-OH is 1. The van der Waals surface area contributed by atoms with Crippen LogP contribution in [0.1, 0.15) is 51.9 Å². The highest BCUT2D eigenvalue weighted by molar-refractivity contribution is 5.96. The molecule has 2 fully saturated rings. The Morgan fingerprint density at radius 2 is 1.86 bits per heavy atom. The number of piperidine rings is 1. The molecule has 6 nitrogen and oxygen atoms in total. The van der Waals surface area contributed by atoms with Gasteiger partial charge in [0.2, 0.25) is 5.91 Å². The molecule has 2 rings (SSSR count). The lowest BCUT2D eigenvalue weighted by Crippen LogP contribution is -2.54. The van der Waals surface area contributed by atoms with E-state index in [0.29, 0.717) is 6.54 Å². The number of nitrogens with zero attached hydrogens (tertiary/aromatic N) is 1. The number of aliphatic hydroxyl groups is 1. The Hall–Kier alpha value is -1.14. The van der Waals surface area contributed by atoms with Crippen molar-refractivity contribution in [1.29, 1.82) is 0 Å². The number of urea groups is 1. The third kappa shape index (κ3) is 4.97. The fourth-order valence-electron chi connectivity index (χ4n) is 3.19. The molecule has 120 valence electrons. The van der Waals surface area contributed by atoms with Gasteiger partial charge in [-0.3, -0.25) is 15.0 Å². The second-order valence-electron chi connectivity index (χ2n) is 6.26. The number of hydrogen-bond acceptors (Lipinski definition) is 4. The average molecular weight is 297 g/mol. The van der Waals surface area contributed by atoms with Gasteiger partial charge in [-0.2, -0.15) is 0 Å². The zero-order valence-corrected chi connectivity index (χ0v) is 12.8. The van der Waals surface area contributed by atoms with Gasteiger partial charge in [-0.25, -0.2) is 4.79 Å². The van der Waals surface area contributed by atoms with Crippen LogP contribution in [0.3, 0.4) is 0 Å². The first-order valence-electron chi connectivity index (χ1n) is 8.09. The maximum atomic E-state index is 12.1. The van der Waals surface area contributed by atoms with Crippen LogP contribution in [0.15, 0.2) is 0 Å². The predicted octanol–water partition coefficient (Wildman–Crippen LogP) is 0.990. The largest absolute Gasteiger partial charge is 0.392 e. The van der Waals surface area contributed by atoms with Crippen molar-refractivity contribution >= 4 is 11.9 Å². The van der Waals surface area contributed by atoms with Crippen molar-refractivity contribution in [3.8, 4) is 0 Å². The molecule has 2 atom stereocenters. The Morgan fingerprint density at radius 3 is 2.52 bits per heavy atom. The Morgan fingerprint density at radius 1 is 1.14 bits per heavy atom. The van der Waals surface area contributed by atoms with Crippen molar-refractivity contribution in [2.24, 2.45) is 0 Å². The monoisotopic (exact) mass is 297 g/mol. The molecule has 1 saturated heterocycles. The van der Waals surface area contributed by atoms with Crippen molar-refractivity contribution in [3.63, 3.8) is 0 Å². The van der Waals surface area contributed by atoms with E-state index < -0.39 is 12.1 Å². The second kappa shape index (κ2) is 7.75. The molecule has 2 unspecified atom stereocenters. The summed E-state index contributed by atoms with van der Waals surface area (Å²) in [5.74, 6) is -0.294. The summed E-state index contributed by atoms with van der Waals surface area (Å²) in [7, 11) is 0. The van der Waals surface area contributed by atoms with E-state index in [1.54, 1.807) is 6.92 Å². The minimum atomic E-state index is -0.392. The first kappa shape index (κ1) is 16.2. The van der Waals surface area contributed by atoms with Gasteiger partial charge in [0.05, 0.1) is 12.1 Å². The van der Waals surface area contributed by atoms with Crippen LogP contribution in [0, 0.1) is 0 Å². The van der Waals surface area contributed by atoms with Crippen LogP contribution in [-0.2, 0) is 4.79 Å². The van der Waals surface area contributed by atoms with E-state index in [2.05, 4.69) is 10.6 Å². The number of β-amino-alcohol motifs (C(OH)–C–C–N with tert-alkyl or cyclic N) is 1. The van der Waals surface area contributed by atoms with Crippen molar-refractivity contribution in [3.05, 3.63) is 0 Å². The highest BCUT2D eigenvalue weighted by atomic mass is 16.3. The van der Waals surface area contributed by atoms with Crippen molar-refractivity contribution < 1.29 is 14.7 Å². The molecule has 1 aliphatic heterocycles. The number of imide groups is 1. The van der Waals surface area contributed by atoms with Crippen LogP contribution in [0.4, 0.5) is 4.79 Å². The smallest absolute Gasteiger partial charge is 0.321 e. The molecule has 0 spiro atoms. The van der Waals surface area contributed by atoms with Crippen LogP contribution in [0.2, 0.25) is 0 Å². The lowest BCUT2D eigenvalue weighted by Gasteiger charge is -2.33. The third-order valence-electron chi connectivity index (χ3n) is 4.53. The van der Waals surface area contributed by atoms with Crippen molar-refractivity contribution in [1.82, 2.24) is 15.5 Å². The number of nitrogens with one attached hydrogen (secondary N) is 2. The maximum absolute atomic E-state index is 12.1. The molecule has 1 heterocycles. The molecule has 0 aromatic carbocycles. The van der Waals surface area contributed by atoms with Crippen LogP contribution in [0.25, 0.3) is 0 Å². The SMILES string of the molecule is CC(C(=O)NC(=O)NC1CCCCC1)N1CCCC(O)C1. The predicted molar refractivity (Wildman–Crippen MR) is 79.8 cm³/mol. The summed E-state index contributed by atoms with van der Waals surface area (Å²) in [5.41, 5.74) is 0. The van der Waals surface area contributed by atoms with Gasteiger partial charge in [-0.15, -0.1) is 0 Å². The highest BCUT2D eigenvalue weighted by Gasteiger charge is 2.27. The summed E-state index contributed by atoms with van der Waals surface area (Å²) < 4.78 is 0. The van der Waals surface area contributed by atoms with Crippen LogP contribution in [0.5, 0.6) is 0 Å². The Balaban J connectivity index is 1.75. The van der Waals surface area contributed by atoms with Gasteiger partial charge in [0, 0.05) is 12.6 Å². The maximum Gasteiger partial charge on any atom is 0.321 e. The fourth-order valence-corrected chi connectivity index (χ4v) is 3.19. The zero-order valence-electron chi connectivity index (χ0n) is 12.8. The standard InChI is InChI=1S/C15H27N3O3/c1-11(18-9-5-8-13(19)10-18)14(20)17-15(21)16-12-6-3-2-4-7-12/h11-13,19H,2-10H2,1H3,(H2,16,17,20,21). The van der Waals surface area contributed by atoms with E-state index >= 15 is 0 Å². The molecule has 1 saturated carbocycles. The summed E-state index contributed by atoms with van der Waals surface area (Å²) in [6.07, 6.45) is 6.80. The average Bonchev–Trinajstić information content (AvgIpc) is 2.47. The molecule has 2 aliphatic rings. The topological polar surface area (TPSA) is 81.7 Å². The van der Waals surface area contributed by atoms with E-state index in [9.17, 15) is 14.7 Å². The van der Waals surface area contributed by atoms with E-state index in [0.717, 1.165) is 45.1 Å². The second-order valence-corrected chi connectivity index (χ2v) is 6.26. The number of carbonyl (C=O) groups excluding carboxylic acids is 2. The van der Waals surface area contributed by atoms with Crippen LogP contribution >= 0.6 is 0 Å². The number of carbonyl (C=O) groups is 2. The Bertz CT molecular complexity index is 369. The number of amides is 3. The molecular formula is C15H27N3O3. The molecule has 0 aromatic heterocycles. The highest BCUT2D eigenvalue weighted by Crippen LogP contribution is 2.17. The fraction of sp³-hybridized carbons (Fsp3) is 0.867. The van der Waals surface area contributed by atoms with Gasteiger partial charge in [-0.05, 0) is 39.2 Å². The lowest BCUT2D eigenvalue weighted by molar-refractivity contribution is -0.125. The minimum Gasteiger partial charge on any atom is -0.392 e. The van der Waals surface area contributed by atoms with Crippen LogP contribution < -0.4 is 10.6 Å². The van der Waals surface area contributed by atoms with Gasteiger partial charge in [0.25, 0.3) is 0 Å². The van der Waals surface area contributed by atoms with Crippen molar-refractivity contribution in [2.45, 2.75) is 70.1 Å². The normalized spacial score (nSPS) is 26.1. The first-order chi connectivity index (χ1) is 10.1. The summed E-state index contributed by atoms with van der Waals surface area (Å²) in [5, 5.41) is 15.0. The van der Waals surface area contributed by atoms with Gasteiger partial charge < -0.3 is 10.4 Å². The molecule has 0 radical (unpaired) electrons. The van der Waals surface area contributed by atoms with Gasteiger partial charge >= 0.3 is 6.03 Å². The van der Waals surface area contributed by atoms with Crippen LogP contribution in [-0.4, -0.2) is 53.2 Å². The van der Waals surface area contributed by atoms with Gasteiger partial charge in [0.15, 0.2) is 0 Å². The molecule has 0 aromatic rings. The summed E-state index contributed by atoms with van der Waals surface area (Å²) >= 11 is 0. The zero-order chi connectivity index (χ0) is 15.2. The van der Waals surface area contributed by atoms with Crippen molar-refractivity contribution in [2.75, 3.05) is 13.1 Å². The molecular weight excluding hydrogens is 270 g/mol. The first-order valence-corrected chi connectivity index (χ1v) is 8.09. The minimum absolute atomic E-state index is 0.193. The van der Waals surface area contributed by atoms with Gasteiger partial charge in [-0.1, -0.05) is 19.3 Å². The Kier molecular flexibility index (Phi) is 5.99. The van der Waals surface area contributed by atoms with E-state index in [1.807, 2.05) is 4.90 Å². The quantitative estimate of drug-likeness (QED) is 0.725.